The first-order chi connectivity index (χ1) is 19.8. The van der Waals surface area contributed by atoms with Gasteiger partial charge in [0.05, 0.1) is 11.4 Å². The molecular formula is C37H26N2Si. The summed E-state index contributed by atoms with van der Waals surface area (Å²) in [5, 5.41) is 8.10. The highest BCUT2D eigenvalue weighted by atomic mass is 28.3. The van der Waals surface area contributed by atoms with Crippen LogP contribution in [0.15, 0.2) is 133 Å². The molecule has 0 aliphatic carbocycles. The Morgan fingerprint density at radius 1 is 0.425 bits per heavy atom. The van der Waals surface area contributed by atoms with Crippen LogP contribution in [-0.2, 0) is 0 Å². The van der Waals surface area contributed by atoms with Gasteiger partial charge in [0.25, 0.3) is 0 Å². The summed E-state index contributed by atoms with van der Waals surface area (Å²) in [4.78, 5) is 10.7. The molecule has 188 valence electrons. The molecule has 0 fully saturated rings. The molecule has 1 atom stereocenters. The quantitative estimate of drug-likeness (QED) is 0.174. The lowest BCUT2D eigenvalue weighted by molar-refractivity contribution is 1.20. The fourth-order valence-corrected chi connectivity index (χ4v) is 9.49. The molecule has 40 heavy (non-hydrogen) atoms. The summed E-state index contributed by atoms with van der Waals surface area (Å²) in [7, 11) is -1.64. The van der Waals surface area contributed by atoms with Crippen molar-refractivity contribution in [3.05, 3.63) is 133 Å². The van der Waals surface area contributed by atoms with E-state index in [4.69, 9.17) is 9.97 Å². The van der Waals surface area contributed by atoms with Gasteiger partial charge in [-0.1, -0.05) is 134 Å². The highest BCUT2D eigenvalue weighted by molar-refractivity contribution is 6.91. The molecule has 1 aromatic heterocycles. The fraction of sp³-hybridized carbons (Fsp3) is 0.0270. The number of nitrogens with zero attached hydrogens (tertiary/aromatic N) is 2. The smallest absolute Gasteiger partial charge is 0.160 e. The van der Waals surface area contributed by atoms with E-state index in [0.29, 0.717) is 0 Å². The van der Waals surface area contributed by atoms with Crippen molar-refractivity contribution in [2.24, 2.45) is 0 Å². The van der Waals surface area contributed by atoms with Crippen LogP contribution in [0, 0.1) is 0 Å². The first-order valence-electron chi connectivity index (χ1n) is 13.8. The van der Waals surface area contributed by atoms with Gasteiger partial charge in [-0.3, -0.25) is 0 Å². The summed E-state index contributed by atoms with van der Waals surface area (Å²) in [5.74, 6) is 0.783. The first-order valence-corrected chi connectivity index (χ1v) is 16.2. The molecule has 6 aromatic carbocycles. The third-order valence-corrected chi connectivity index (χ3v) is 11.2. The van der Waals surface area contributed by atoms with Crippen LogP contribution < -0.4 is 10.4 Å². The van der Waals surface area contributed by atoms with Crippen molar-refractivity contribution in [2.45, 2.75) is 6.55 Å². The molecular weight excluding hydrogens is 501 g/mol. The maximum absolute atomic E-state index is 5.36. The van der Waals surface area contributed by atoms with Crippen molar-refractivity contribution in [2.75, 3.05) is 0 Å². The van der Waals surface area contributed by atoms with E-state index in [-0.39, 0.29) is 0 Å². The van der Waals surface area contributed by atoms with Crippen molar-refractivity contribution in [1.82, 2.24) is 9.97 Å². The van der Waals surface area contributed by atoms with E-state index in [0.717, 1.165) is 28.3 Å². The highest BCUT2D eigenvalue weighted by Crippen LogP contribution is 2.38. The van der Waals surface area contributed by atoms with Crippen LogP contribution in [-0.4, -0.2) is 18.8 Å². The van der Waals surface area contributed by atoms with Crippen LogP contribution >= 0.6 is 0 Å². The second-order valence-electron chi connectivity index (χ2n) is 10.6. The fourth-order valence-electron chi connectivity index (χ4n) is 6.50. The normalized spacial score (nSPS) is 13.9. The minimum absolute atomic E-state index is 0.783. The minimum Gasteiger partial charge on any atom is -0.228 e. The van der Waals surface area contributed by atoms with Crippen LogP contribution in [0.1, 0.15) is 0 Å². The maximum atomic E-state index is 5.36. The third-order valence-electron chi connectivity index (χ3n) is 8.30. The average Bonchev–Trinajstić information content (AvgIpc) is 3.34. The van der Waals surface area contributed by atoms with Gasteiger partial charge in [0.2, 0.25) is 0 Å². The number of hydrogen-bond acceptors (Lipinski definition) is 2. The second kappa shape index (κ2) is 9.11. The zero-order valence-electron chi connectivity index (χ0n) is 22.2. The third kappa shape index (κ3) is 3.48. The monoisotopic (exact) mass is 526 g/mol. The van der Waals surface area contributed by atoms with Crippen LogP contribution in [0.4, 0.5) is 0 Å². The van der Waals surface area contributed by atoms with E-state index in [1.807, 2.05) is 6.07 Å². The van der Waals surface area contributed by atoms with Gasteiger partial charge in [-0.2, -0.15) is 0 Å². The Balaban J connectivity index is 1.47. The van der Waals surface area contributed by atoms with Gasteiger partial charge in [0.15, 0.2) is 5.82 Å². The summed E-state index contributed by atoms with van der Waals surface area (Å²) in [6.07, 6.45) is 0. The van der Waals surface area contributed by atoms with Gasteiger partial charge in [-0.05, 0) is 49.1 Å². The summed E-state index contributed by atoms with van der Waals surface area (Å²) in [6.45, 7) is 2.46. The van der Waals surface area contributed by atoms with E-state index in [1.54, 1.807) is 0 Å². The summed E-state index contributed by atoms with van der Waals surface area (Å²) >= 11 is 0. The van der Waals surface area contributed by atoms with Crippen molar-refractivity contribution in [1.29, 1.82) is 0 Å². The predicted octanol–water partition coefficient (Wildman–Crippen LogP) is 7.74. The molecule has 0 spiro atoms. The molecule has 2 nitrogen and oxygen atoms in total. The predicted molar refractivity (Wildman–Crippen MR) is 171 cm³/mol. The molecule has 0 bridgehead atoms. The van der Waals surface area contributed by atoms with Gasteiger partial charge < -0.3 is 0 Å². The topological polar surface area (TPSA) is 25.8 Å². The van der Waals surface area contributed by atoms with Gasteiger partial charge in [0.1, 0.15) is 8.80 Å². The van der Waals surface area contributed by atoms with Crippen LogP contribution in [0.5, 0.6) is 0 Å². The van der Waals surface area contributed by atoms with Gasteiger partial charge in [0, 0.05) is 16.7 Å². The second-order valence-corrected chi connectivity index (χ2v) is 13.2. The number of aromatic nitrogens is 2. The van der Waals surface area contributed by atoms with E-state index in [9.17, 15) is 0 Å². The largest absolute Gasteiger partial charge is 0.228 e. The molecule has 7 aromatic rings. The summed E-state index contributed by atoms with van der Waals surface area (Å²) in [5.41, 5.74) is 8.10. The van der Waals surface area contributed by atoms with Crippen molar-refractivity contribution in [3.8, 4) is 45.0 Å². The first kappa shape index (κ1) is 23.1. The molecule has 0 amide bonds. The molecule has 1 aliphatic heterocycles. The highest BCUT2D eigenvalue weighted by Gasteiger charge is 2.35. The van der Waals surface area contributed by atoms with Crippen molar-refractivity contribution < 1.29 is 0 Å². The number of rotatable bonds is 3. The van der Waals surface area contributed by atoms with Crippen LogP contribution in [0.3, 0.4) is 0 Å². The Hall–Kier alpha value is -4.86. The maximum Gasteiger partial charge on any atom is 0.160 e. The van der Waals surface area contributed by atoms with Crippen molar-refractivity contribution in [3.63, 3.8) is 0 Å². The van der Waals surface area contributed by atoms with E-state index in [1.165, 1.54) is 48.6 Å². The lowest BCUT2D eigenvalue weighted by atomic mass is 9.94. The molecule has 3 heteroatoms. The number of fused-ring (bicyclic) bond motifs is 8. The number of benzene rings is 6. The molecule has 0 N–H and O–H groups in total. The standard InChI is InChI=1S/C37H26N2Si/c1-40-35-31-22-11-9-20-29(31)28-19-8-10-21-30(28)32(35)34-36(40)33(38-37(39-34)25-15-6-3-7-16-25)27-18-12-17-26(23-27)24-13-4-2-5-14-24/h2-23,40H,1H3. The molecule has 0 saturated heterocycles. The summed E-state index contributed by atoms with van der Waals surface area (Å²) in [6, 6.07) is 47.6. The Morgan fingerprint density at radius 2 is 0.950 bits per heavy atom. The van der Waals surface area contributed by atoms with Gasteiger partial charge in [-0.25, -0.2) is 9.97 Å². The van der Waals surface area contributed by atoms with Gasteiger partial charge in [-0.15, -0.1) is 0 Å². The number of hydrogen-bond donors (Lipinski definition) is 0. The Bertz CT molecular complexity index is 2070. The lowest BCUT2D eigenvalue weighted by Gasteiger charge is -2.15. The van der Waals surface area contributed by atoms with Crippen LogP contribution in [0.25, 0.3) is 66.6 Å². The zero-order valence-corrected chi connectivity index (χ0v) is 23.3. The van der Waals surface area contributed by atoms with Crippen molar-refractivity contribution >= 4 is 40.7 Å². The Kier molecular flexibility index (Phi) is 5.25. The summed E-state index contributed by atoms with van der Waals surface area (Å²) < 4.78 is 0. The van der Waals surface area contributed by atoms with E-state index >= 15 is 0 Å². The molecule has 0 saturated carbocycles. The molecule has 1 aliphatic rings. The minimum atomic E-state index is -1.64. The molecule has 0 radical (unpaired) electrons. The average molecular weight is 527 g/mol. The molecule has 2 heterocycles. The SMILES string of the molecule is C[SiH]1c2c(-c3cccc(-c4ccccc4)c3)nc(-c3ccccc3)nc2-c2c1c1ccccc1c1ccccc21. The van der Waals surface area contributed by atoms with E-state index in [2.05, 4.69) is 134 Å². The van der Waals surface area contributed by atoms with Crippen LogP contribution in [0.2, 0.25) is 6.55 Å². The Morgan fingerprint density at radius 3 is 1.68 bits per heavy atom. The molecule has 8 rings (SSSR count). The lowest BCUT2D eigenvalue weighted by Crippen LogP contribution is -2.37. The zero-order chi connectivity index (χ0) is 26.6. The van der Waals surface area contributed by atoms with E-state index < -0.39 is 8.80 Å². The Labute approximate surface area is 235 Å². The van der Waals surface area contributed by atoms with Gasteiger partial charge >= 0.3 is 0 Å². The molecule has 1 unspecified atom stereocenters.